The highest BCUT2D eigenvalue weighted by atomic mass is 14.1. The lowest BCUT2D eigenvalue weighted by Crippen LogP contribution is -1.99. The largest absolute Gasteiger partial charge is 0.102 e. The highest BCUT2D eigenvalue weighted by molar-refractivity contribution is 5.45. The molecule has 0 unspecified atom stereocenters. The van der Waals surface area contributed by atoms with Gasteiger partial charge in [0.25, 0.3) is 0 Å². The predicted molar refractivity (Wildman–Crippen MR) is 63.5 cm³/mol. The maximum atomic E-state index is 3.82. The van der Waals surface area contributed by atoms with Crippen LogP contribution in [-0.4, -0.2) is 0 Å². The van der Waals surface area contributed by atoms with E-state index in [9.17, 15) is 0 Å². The molecule has 0 saturated carbocycles. The van der Waals surface area contributed by atoms with Crippen molar-refractivity contribution in [1.29, 1.82) is 0 Å². The van der Waals surface area contributed by atoms with E-state index in [1.165, 1.54) is 22.6 Å². The quantitative estimate of drug-likeness (QED) is 0.663. The van der Waals surface area contributed by atoms with Crippen molar-refractivity contribution in [2.24, 2.45) is 0 Å². The van der Waals surface area contributed by atoms with Crippen LogP contribution in [0.4, 0.5) is 0 Å². The first-order chi connectivity index (χ1) is 6.57. The first kappa shape index (κ1) is 11.0. The van der Waals surface area contributed by atoms with Gasteiger partial charge in [-0.2, -0.15) is 0 Å². The summed E-state index contributed by atoms with van der Waals surface area (Å²) in [5.41, 5.74) is 4.15. The van der Waals surface area contributed by atoms with Crippen LogP contribution in [0.25, 0.3) is 0 Å². The number of hydrogen-bond donors (Lipinski definition) is 0. The van der Waals surface area contributed by atoms with Crippen LogP contribution in [0.5, 0.6) is 0 Å². The molecule has 0 fully saturated rings. The molecule has 1 radical (unpaired) electrons. The van der Waals surface area contributed by atoms with Gasteiger partial charge in [0, 0.05) is 5.92 Å². The maximum Gasteiger partial charge on any atom is 0.0233 e. The standard InChI is InChI=1S/C14H19/c1-6-11(4)14-9-7-8-13(10(2)3)12(14)5/h6-10H,1H2,2-5H3. The van der Waals surface area contributed by atoms with Crippen LogP contribution in [0.1, 0.15) is 43.4 Å². The first-order valence-electron chi connectivity index (χ1n) is 5.13. The fraction of sp³-hybridized carbons (Fsp3) is 0.357. The van der Waals surface area contributed by atoms with Gasteiger partial charge in [-0.1, -0.05) is 45.0 Å². The minimum Gasteiger partial charge on any atom is -0.102 e. The van der Waals surface area contributed by atoms with Crippen LogP contribution < -0.4 is 0 Å². The molecule has 0 nitrogen and oxygen atoms in total. The molecule has 1 aromatic rings. The van der Waals surface area contributed by atoms with E-state index in [0.29, 0.717) is 5.92 Å². The third-order valence-corrected chi connectivity index (χ3v) is 2.73. The van der Waals surface area contributed by atoms with Gasteiger partial charge in [0.15, 0.2) is 0 Å². The van der Waals surface area contributed by atoms with E-state index in [-0.39, 0.29) is 0 Å². The summed E-state index contributed by atoms with van der Waals surface area (Å²) in [5.74, 6) is 1.84. The normalized spacial score (nSPS) is 11.0. The summed E-state index contributed by atoms with van der Waals surface area (Å²) in [5, 5.41) is 0. The van der Waals surface area contributed by atoms with E-state index in [1.54, 1.807) is 0 Å². The van der Waals surface area contributed by atoms with Gasteiger partial charge >= 0.3 is 0 Å². The highest BCUT2D eigenvalue weighted by Gasteiger charge is 2.10. The SMILES string of the molecule is C=C[C](C)c1cccc(C(C)C)c1C. The van der Waals surface area contributed by atoms with Crippen molar-refractivity contribution in [3.63, 3.8) is 0 Å². The molecule has 0 N–H and O–H groups in total. The number of rotatable bonds is 3. The van der Waals surface area contributed by atoms with Crippen LogP contribution in [0.15, 0.2) is 30.9 Å². The first-order valence-corrected chi connectivity index (χ1v) is 5.13. The van der Waals surface area contributed by atoms with Crippen LogP contribution in [0.2, 0.25) is 0 Å². The molecule has 75 valence electrons. The van der Waals surface area contributed by atoms with Gasteiger partial charge in [-0.15, -0.1) is 6.58 Å². The topological polar surface area (TPSA) is 0 Å². The predicted octanol–water partition coefficient (Wildman–Crippen LogP) is 4.25. The van der Waals surface area contributed by atoms with Crippen molar-refractivity contribution in [2.75, 3.05) is 0 Å². The molecule has 0 amide bonds. The monoisotopic (exact) mass is 187 g/mol. The van der Waals surface area contributed by atoms with Crippen LogP contribution >= 0.6 is 0 Å². The molecule has 14 heavy (non-hydrogen) atoms. The Kier molecular flexibility index (Phi) is 3.51. The molecular formula is C14H19. The van der Waals surface area contributed by atoms with Gasteiger partial charge in [0.05, 0.1) is 0 Å². The Hall–Kier alpha value is -1.04. The maximum absolute atomic E-state index is 3.82. The second-order valence-electron chi connectivity index (χ2n) is 4.06. The molecule has 0 heterocycles. The Morgan fingerprint density at radius 2 is 2.00 bits per heavy atom. The van der Waals surface area contributed by atoms with Gasteiger partial charge in [-0.3, -0.25) is 0 Å². The van der Waals surface area contributed by atoms with Gasteiger partial charge in [0.2, 0.25) is 0 Å². The Morgan fingerprint density at radius 1 is 1.36 bits per heavy atom. The molecule has 0 heteroatoms. The van der Waals surface area contributed by atoms with E-state index >= 15 is 0 Å². The van der Waals surface area contributed by atoms with Crippen molar-refractivity contribution in [3.05, 3.63) is 53.5 Å². The minimum absolute atomic E-state index is 0.590. The molecule has 0 bridgehead atoms. The zero-order valence-electron chi connectivity index (χ0n) is 9.59. The summed E-state index contributed by atoms with van der Waals surface area (Å²) in [6, 6.07) is 6.50. The molecule has 0 saturated heterocycles. The minimum atomic E-state index is 0.590. The number of benzene rings is 1. The molecule has 0 aliphatic rings. The van der Waals surface area contributed by atoms with Crippen molar-refractivity contribution in [2.45, 2.75) is 33.6 Å². The lowest BCUT2D eigenvalue weighted by atomic mass is 9.89. The smallest absolute Gasteiger partial charge is 0.0233 e. The summed E-state index contributed by atoms with van der Waals surface area (Å²) < 4.78 is 0. The van der Waals surface area contributed by atoms with Crippen molar-refractivity contribution in [3.8, 4) is 0 Å². The van der Waals surface area contributed by atoms with Crippen LogP contribution in [0.3, 0.4) is 0 Å². The summed E-state index contributed by atoms with van der Waals surface area (Å²) >= 11 is 0. The van der Waals surface area contributed by atoms with Crippen LogP contribution in [0, 0.1) is 12.8 Å². The van der Waals surface area contributed by atoms with Crippen LogP contribution in [-0.2, 0) is 0 Å². The van der Waals surface area contributed by atoms with E-state index in [1.807, 2.05) is 6.08 Å². The number of hydrogen-bond acceptors (Lipinski definition) is 0. The average Bonchev–Trinajstić information content (AvgIpc) is 2.16. The number of allylic oxidation sites excluding steroid dienone is 1. The zero-order valence-corrected chi connectivity index (χ0v) is 9.59. The zero-order chi connectivity index (χ0) is 10.7. The van der Waals surface area contributed by atoms with E-state index in [2.05, 4.69) is 52.5 Å². The Morgan fingerprint density at radius 3 is 2.50 bits per heavy atom. The van der Waals surface area contributed by atoms with E-state index < -0.39 is 0 Å². The Bertz CT molecular complexity index is 321. The lowest BCUT2D eigenvalue weighted by Gasteiger charge is -2.16. The second-order valence-corrected chi connectivity index (χ2v) is 4.06. The molecule has 1 rings (SSSR count). The summed E-state index contributed by atoms with van der Waals surface area (Å²) in [6.45, 7) is 12.6. The highest BCUT2D eigenvalue weighted by Crippen LogP contribution is 2.26. The molecule has 1 aromatic carbocycles. The summed E-state index contributed by atoms with van der Waals surface area (Å²) in [6.07, 6.45) is 1.92. The molecule has 0 aliphatic heterocycles. The average molecular weight is 187 g/mol. The second kappa shape index (κ2) is 4.45. The molecule has 0 aliphatic carbocycles. The summed E-state index contributed by atoms with van der Waals surface area (Å²) in [7, 11) is 0. The molecule has 0 aromatic heterocycles. The van der Waals surface area contributed by atoms with Gasteiger partial charge in [0.1, 0.15) is 0 Å². The van der Waals surface area contributed by atoms with E-state index in [4.69, 9.17) is 0 Å². The summed E-state index contributed by atoms with van der Waals surface area (Å²) in [4.78, 5) is 0. The molecule has 0 spiro atoms. The van der Waals surface area contributed by atoms with Crippen molar-refractivity contribution >= 4 is 0 Å². The van der Waals surface area contributed by atoms with Gasteiger partial charge < -0.3 is 0 Å². The van der Waals surface area contributed by atoms with E-state index in [0.717, 1.165) is 0 Å². The third-order valence-electron chi connectivity index (χ3n) is 2.73. The molecular weight excluding hydrogens is 168 g/mol. The van der Waals surface area contributed by atoms with Gasteiger partial charge in [-0.05, 0) is 29.5 Å². The lowest BCUT2D eigenvalue weighted by molar-refractivity contribution is 0.853. The Balaban J connectivity index is 3.20. The third kappa shape index (κ3) is 2.06. The Labute approximate surface area is 87.7 Å². The van der Waals surface area contributed by atoms with Gasteiger partial charge in [-0.25, -0.2) is 0 Å². The van der Waals surface area contributed by atoms with Crippen molar-refractivity contribution < 1.29 is 0 Å². The molecule has 0 atom stereocenters. The van der Waals surface area contributed by atoms with Crippen molar-refractivity contribution in [1.82, 2.24) is 0 Å². The fourth-order valence-corrected chi connectivity index (χ4v) is 1.82. The fourth-order valence-electron chi connectivity index (χ4n) is 1.82.